The summed E-state index contributed by atoms with van der Waals surface area (Å²) in [6.45, 7) is 11.5. The predicted octanol–water partition coefficient (Wildman–Crippen LogP) is 5.43. The summed E-state index contributed by atoms with van der Waals surface area (Å²) < 4.78 is 6.64. The van der Waals surface area contributed by atoms with Gasteiger partial charge in [-0.15, -0.1) is 22.7 Å². The number of thiophene rings is 1. The first-order valence-corrected chi connectivity index (χ1v) is 13.6. The number of thiazole rings is 1. The summed E-state index contributed by atoms with van der Waals surface area (Å²) in [6, 6.07) is 2.33. The van der Waals surface area contributed by atoms with E-state index in [1.807, 2.05) is 26.8 Å². The maximum absolute atomic E-state index is 12.8. The van der Waals surface area contributed by atoms with Crippen LogP contribution in [0.15, 0.2) is 18.5 Å². The molecule has 2 N–H and O–H groups in total. The number of amides is 2. The molecule has 35 heavy (non-hydrogen) atoms. The second kappa shape index (κ2) is 10.6. The molecule has 1 atom stereocenters. The van der Waals surface area contributed by atoms with Crippen LogP contribution in [0.25, 0.3) is 20.8 Å². The summed E-state index contributed by atoms with van der Waals surface area (Å²) in [5.74, 6) is -0.0348. The van der Waals surface area contributed by atoms with Gasteiger partial charge >= 0.3 is 6.09 Å². The fourth-order valence-electron chi connectivity index (χ4n) is 3.85. The standard InChI is InChI=1S/C25H33N5O3S2/c1-6-15(2)27-11-8-20(31)29-23-21(22-28-17-13-26-10-7-18(17)34-22)16-9-12-30(14-19(16)35-23)24(32)33-25(3,4)5/h7,10,13,15,27H,6,8-9,11-12,14H2,1-5H3,(H,29,31). The molecule has 4 heterocycles. The highest BCUT2D eigenvalue weighted by atomic mass is 32.1. The van der Waals surface area contributed by atoms with Crippen LogP contribution in [0.5, 0.6) is 0 Å². The molecule has 1 aliphatic heterocycles. The highest BCUT2D eigenvalue weighted by molar-refractivity contribution is 7.22. The van der Waals surface area contributed by atoms with Gasteiger partial charge in [0.25, 0.3) is 0 Å². The van der Waals surface area contributed by atoms with Crippen LogP contribution >= 0.6 is 22.7 Å². The van der Waals surface area contributed by atoms with Crippen molar-refractivity contribution in [3.8, 4) is 10.6 Å². The van der Waals surface area contributed by atoms with Gasteiger partial charge in [-0.3, -0.25) is 9.78 Å². The number of rotatable bonds is 7. The first-order valence-electron chi connectivity index (χ1n) is 12.0. The average Bonchev–Trinajstić information content (AvgIpc) is 3.37. The van der Waals surface area contributed by atoms with Crippen LogP contribution < -0.4 is 10.6 Å². The van der Waals surface area contributed by atoms with Gasteiger partial charge in [-0.1, -0.05) is 6.92 Å². The van der Waals surface area contributed by atoms with E-state index >= 15 is 0 Å². The van der Waals surface area contributed by atoms with Gasteiger partial charge in [-0.05, 0) is 52.2 Å². The highest BCUT2D eigenvalue weighted by Gasteiger charge is 2.31. The van der Waals surface area contributed by atoms with Gasteiger partial charge in [0.05, 0.1) is 17.4 Å². The fraction of sp³-hybridized carbons (Fsp3) is 0.520. The zero-order valence-corrected chi connectivity index (χ0v) is 22.6. The van der Waals surface area contributed by atoms with Gasteiger partial charge < -0.3 is 20.3 Å². The quantitative estimate of drug-likeness (QED) is 0.436. The summed E-state index contributed by atoms with van der Waals surface area (Å²) in [5, 5.41) is 8.16. The maximum atomic E-state index is 12.8. The van der Waals surface area contributed by atoms with Crippen LogP contribution in [0.4, 0.5) is 9.80 Å². The van der Waals surface area contributed by atoms with Crippen LogP contribution in [0.3, 0.4) is 0 Å². The lowest BCUT2D eigenvalue weighted by molar-refractivity contribution is -0.116. The van der Waals surface area contributed by atoms with Crippen molar-refractivity contribution >= 4 is 49.9 Å². The molecule has 8 nitrogen and oxygen atoms in total. The molecule has 188 valence electrons. The average molecular weight is 516 g/mol. The molecule has 0 radical (unpaired) electrons. The molecule has 4 rings (SSSR count). The third kappa shape index (κ3) is 6.17. The van der Waals surface area contributed by atoms with E-state index in [-0.39, 0.29) is 12.0 Å². The lowest BCUT2D eigenvalue weighted by Gasteiger charge is -2.30. The maximum Gasteiger partial charge on any atom is 0.410 e. The molecule has 2 amide bonds. The monoisotopic (exact) mass is 515 g/mol. The van der Waals surface area contributed by atoms with Crippen molar-refractivity contribution in [2.75, 3.05) is 18.4 Å². The molecule has 0 aliphatic carbocycles. The number of fused-ring (bicyclic) bond motifs is 2. The largest absolute Gasteiger partial charge is 0.444 e. The van der Waals surface area contributed by atoms with Crippen LogP contribution in [0, 0.1) is 0 Å². The number of pyridine rings is 1. The normalized spacial score (nSPS) is 14.6. The predicted molar refractivity (Wildman–Crippen MR) is 142 cm³/mol. The molecular formula is C25H33N5O3S2. The van der Waals surface area contributed by atoms with E-state index in [9.17, 15) is 9.59 Å². The zero-order chi connectivity index (χ0) is 25.2. The third-order valence-corrected chi connectivity index (χ3v) is 8.01. The van der Waals surface area contributed by atoms with Gasteiger partial charge in [-0.2, -0.15) is 0 Å². The van der Waals surface area contributed by atoms with Gasteiger partial charge in [0, 0.05) is 42.2 Å². The smallest absolute Gasteiger partial charge is 0.410 e. The Balaban J connectivity index is 1.61. The van der Waals surface area contributed by atoms with E-state index in [1.165, 1.54) is 11.3 Å². The Labute approximate surface area is 214 Å². The van der Waals surface area contributed by atoms with Crippen molar-refractivity contribution < 1.29 is 14.3 Å². The molecule has 3 aromatic rings. The second-order valence-electron chi connectivity index (χ2n) is 9.78. The summed E-state index contributed by atoms with van der Waals surface area (Å²) >= 11 is 3.12. The molecule has 0 saturated carbocycles. The van der Waals surface area contributed by atoms with Crippen molar-refractivity contribution in [1.82, 2.24) is 20.2 Å². The van der Waals surface area contributed by atoms with E-state index in [2.05, 4.69) is 29.5 Å². The van der Waals surface area contributed by atoms with Crippen molar-refractivity contribution in [1.29, 1.82) is 0 Å². The molecule has 0 bridgehead atoms. The summed E-state index contributed by atoms with van der Waals surface area (Å²) in [6.07, 6.45) is 5.30. The van der Waals surface area contributed by atoms with Gasteiger partial charge in [0.2, 0.25) is 5.91 Å². The number of carbonyl (C=O) groups excluding carboxylic acids is 2. The van der Waals surface area contributed by atoms with E-state index in [4.69, 9.17) is 9.72 Å². The molecule has 0 fully saturated rings. The van der Waals surface area contributed by atoms with Crippen molar-refractivity contribution in [2.45, 2.75) is 72.1 Å². The molecule has 1 unspecified atom stereocenters. The lowest BCUT2D eigenvalue weighted by atomic mass is 10.0. The first-order chi connectivity index (χ1) is 16.6. The fourth-order valence-corrected chi connectivity index (χ4v) is 6.21. The molecule has 0 spiro atoms. The van der Waals surface area contributed by atoms with Crippen LogP contribution in [-0.2, 0) is 22.5 Å². The first kappa shape index (κ1) is 25.5. The van der Waals surface area contributed by atoms with Gasteiger partial charge in [0.1, 0.15) is 21.1 Å². The van der Waals surface area contributed by atoms with Crippen molar-refractivity contribution in [3.63, 3.8) is 0 Å². The molecule has 10 heteroatoms. The minimum Gasteiger partial charge on any atom is -0.444 e. The Morgan fingerprint density at radius 3 is 2.80 bits per heavy atom. The number of anilines is 1. The highest BCUT2D eigenvalue weighted by Crippen LogP contribution is 2.45. The Hall–Kier alpha value is -2.56. The Morgan fingerprint density at radius 2 is 2.09 bits per heavy atom. The summed E-state index contributed by atoms with van der Waals surface area (Å²) in [7, 11) is 0. The molecule has 3 aromatic heterocycles. The molecule has 0 saturated heterocycles. The molecule has 0 aromatic carbocycles. The van der Waals surface area contributed by atoms with Crippen LogP contribution in [0.2, 0.25) is 0 Å². The number of nitrogens with zero attached hydrogens (tertiary/aromatic N) is 3. The van der Waals surface area contributed by atoms with E-state index in [1.54, 1.807) is 28.6 Å². The lowest BCUT2D eigenvalue weighted by Crippen LogP contribution is -2.39. The topological polar surface area (TPSA) is 96.5 Å². The number of hydrogen-bond acceptors (Lipinski definition) is 8. The van der Waals surface area contributed by atoms with Crippen LogP contribution in [0.1, 0.15) is 57.9 Å². The van der Waals surface area contributed by atoms with Crippen molar-refractivity contribution in [3.05, 3.63) is 28.9 Å². The SMILES string of the molecule is CCC(C)NCCC(=O)Nc1sc2c(c1-c1nc3cnccc3s1)CCN(C(=O)OC(C)(C)C)C2. The Bertz CT molecular complexity index is 1180. The number of nitrogens with one attached hydrogen (secondary N) is 2. The third-order valence-electron chi connectivity index (χ3n) is 5.82. The number of carbonyl (C=O) groups is 2. The van der Waals surface area contributed by atoms with Gasteiger partial charge in [-0.25, -0.2) is 9.78 Å². The number of ether oxygens (including phenoxy) is 1. The Kier molecular flexibility index (Phi) is 7.73. The minimum absolute atomic E-state index is 0.0348. The summed E-state index contributed by atoms with van der Waals surface area (Å²) in [5.41, 5.74) is 2.41. The number of aromatic nitrogens is 2. The Morgan fingerprint density at radius 1 is 1.29 bits per heavy atom. The number of hydrogen-bond donors (Lipinski definition) is 2. The van der Waals surface area contributed by atoms with Crippen molar-refractivity contribution in [2.24, 2.45) is 0 Å². The van der Waals surface area contributed by atoms with Gasteiger partial charge in [0.15, 0.2) is 0 Å². The zero-order valence-electron chi connectivity index (χ0n) is 20.9. The molecular weight excluding hydrogens is 482 g/mol. The minimum atomic E-state index is -0.546. The van der Waals surface area contributed by atoms with E-state index in [0.29, 0.717) is 38.5 Å². The molecule has 1 aliphatic rings. The van der Waals surface area contributed by atoms with E-state index in [0.717, 1.165) is 42.7 Å². The van der Waals surface area contributed by atoms with Crippen LogP contribution in [-0.4, -0.2) is 51.6 Å². The summed E-state index contributed by atoms with van der Waals surface area (Å²) in [4.78, 5) is 37.3. The second-order valence-corrected chi connectivity index (χ2v) is 11.9. The van der Waals surface area contributed by atoms with E-state index < -0.39 is 5.60 Å².